The molecule has 1 saturated heterocycles. The maximum Gasteiger partial charge on any atom is 0.488 e. The van der Waals surface area contributed by atoms with Gasteiger partial charge in [0.2, 0.25) is 5.91 Å². The Morgan fingerprint density at radius 3 is 2.44 bits per heavy atom. The van der Waals surface area contributed by atoms with Crippen LogP contribution < -0.4 is 10.2 Å². The molecule has 0 bridgehead atoms. The Labute approximate surface area is 235 Å². The lowest BCUT2D eigenvalue weighted by molar-refractivity contribution is -0.192. The monoisotopic (exact) mass is 576 g/mol. The lowest BCUT2D eigenvalue weighted by Crippen LogP contribution is -2.50. The van der Waals surface area contributed by atoms with Crippen molar-refractivity contribution in [1.29, 1.82) is 0 Å². The number of carbonyl (C=O) groups excluding carboxylic acids is 2. The number of morpholine rings is 1. The Morgan fingerprint density at radius 2 is 1.76 bits per heavy atom. The van der Waals surface area contributed by atoms with Gasteiger partial charge in [0.1, 0.15) is 25.6 Å². The van der Waals surface area contributed by atoms with Gasteiger partial charge in [0, 0.05) is 12.8 Å². The van der Waals surface area contributed by atoms with Crippen molar-refractivity contribution in [2.75, 3.05) is 31.6 Å². The van der Waals surface area contributed by atoms with E-state index in [9.17, 15) is 19.0 Å². The average Bonchev–Trinajstić information content (AvgIpc) is 3.55. The summed E-state index contributed by atoms with van der Waals surface area (Å²) >= 11 is 0. The molecule has 3 atom stereocenters. The number of nitrogens with one attached hydrogen (secondary N) is 1. The third kappa shape index (κ3) is 5.40. The molecule has 3 heterocycles. The van der Waals surface area contributed by atoms with E-state index < -0.39 is 26.7 Å². The summed E-state index contributed by atoms with van der Waals surface area (Å²) in [4.78, 5) is 50.2. The standard InChI is InChI=1S/C27H25N6O7P/c1-16(34)31-25-24-26(29-14-28-25)33(15-30-24)23-11-32(10-17(40-23)12-39-41(36)37)27(35)38-13-22-20-8-4-2-6-18(20)19-7-3-5-9-21(19)22/h2-9,14-15,17,22-23H,10-13H2,1H3,(H,28,29,31,34). The highest BCUT2D eigenvalue weighted by molar-refractivity contribution is 7.30. The molecular formula is C27H25N6O7P. The Bertz CT molecular complexity index is 1600. The zero-order chi connectivity index (χ0) is 28.5. The highest BCUT2D eigenvalue weighted by Gasteiger charge is 2.36. The summed E-state index contributed by atoms with van der Waals surface area (Å²) in [6.07, 6.45) is 0.585. The smallest absolute Gasteiger partial charge is 0.488 e. The zero-order valence-electron chi connectivity index (χ0n) is 21.9. The van der Waals surface area contributed by atoms with Gasteiger partial charge in [-0.1, -0.05) is 48.5 Å². The maximum absolute atomic E-state index is 13.4. The topological polar surface area (TPSA) is 161 Å². The van der Waals surface area contributed by atoms with Crippen LogP contribution in [0.25, 0.3) is 22.3 Å². The summed E-state index contributed by atoms with van der Waals surface area (Å²) in [5.41, 5.74) is 5.11. The molecule has 14 heteroatoms. The van der Waals surface area contributed by atoms with Crippen LogP contribution in [0.3, 0.4) is 0 Å². The molecule has 4 aromatic rings. The Balaban J connectivity index is 1.23. The van der Waals surface area contributed by atoms with Crippen LogP contribution in [0.4, 0.5) is 10.6 Å². The molecule has 2 aromatic carbocycles. The highest BCUT2D eigenvalue weighted by Crippen LogP contribution is 2.44. The Kier molecular flexibility index (Phi) is 7.41. The van der Waals surface area contributed by atoms with Crippen LogP contribution >= 0.6 is 8.25 Å². The average molecular weight is 577 g/mol. The third-order valence-electron chi connectivity index (χ3n) is 7.07. The van der Waals surface area contributed by atoms with Crippen LogP contribution in [0.1, 0.15) is 30.2 Å². The first kappa shape index (κ1) is 26.9. The van der Waals surface area contributed by atoms with Gasteiger partial charge in [-0.3, -0.25) is 9.36 Å². The summed E-state index contributed by atoms with van der Waals surface area (Å²) in [6, 6.07) is 16.1. The van der Waals surface area contributed by atoms with Crippen molar-refractivity contribution in [3.63, 3.8) is 0 Å². The summed E-state index contributed by atoms with van der Waals surface area (Å²) in [7, 11) is -3.11. The lowest BCUT2D eigenvalue weighted by Gasteiger charge is -2.37. The number of benzene rings is 2. The fourth-order valence-corrected chi connectivity index (χ4v) is 5.65. The predicted octanol–water partition coefficient (Wildman–Crippen LogP) is 2.97. The summed E-state index contributed by atoms with van der Waals surface area (Å²) in [6.45, 7) is 1.31. The highest BCUT2D eigenvalue weighted by atomic mass is 31.1. The molecule has 1 aliphatic carbocycles. The molecule has 2 aromatic heterocycles. The third-order valence-corrected chi connectivity index (χ3v) is 7.43. The maximum atomic E-state index is 13.4. The summed E-state index contributed by atoms with van der Waals surface area (Å²) < 4.78 is 29.4. The number of imidazole rings is 1. The van der Waals surface area contributed by atoms with E-state index in [1.54, 1.807) is 4.57 Å². The van der Waals surface area contributed by atoms with E-state index in [0.717, 1.165) is 22.3 Å². The second kappa shape index (κ2) is 11.3. The number of hydrogen-bond acceptors (Lipinski definition) is 10. The van der Waals surface area contributed by atoms with Gasteiger partial charge in [-0.15, -0.1) is 4.52 Å². The predicted molar refractivity (Wildman–Crippen MR) is 144 cm³/mol. The number of amides is 2. The minimum atomic E-state index is -3.11. The molecule has 3 unspecified atom stereocenters. The number of carbonyl (C=O) groups is 2. The van der Waals surface area contributed by atoms with Gasteiger partial charge in [-0.05, 0) is 26.8 Å². The zero-order valence-corrected chi connectivity index (χ0v) is 22.8. The Morgan fingerprint density at radius 1 is 1.05 bits per heavy atom. The van der Waals surface area contributed by atoms with Crippen molar-refractivity contribution in [3.05, 3.63) is 72.3 Å². The minimum Gasteiger partial charge on any atom is -0.566 e. The van der Waals surface area contributed by atoms with E-state index in [0.29, 0.717) is 11.2 Å². The molecule has 0 saturated carbocycles. The Hall–Kier alpha value is -4.29. The van der Waals surface area contributed by atoms with Crippen LogP contribution in [-0.2, 0) is 23.4 Å². The van der Waals surface area contributed by atoms with E-state index >= 15 is 0 Å². The van der Waals surface area contributed by atoms with Crippen molar-refractivity contribution in [2.24, 2.45) is 0 Å². The first-order valence-electron chi connectivity index (χ1n) is 12.9. The van der Waals surface area contributed by atoms with E-state index in [1.807, 2.05) is 36.4 Å². The molecule has 2 aliphatic rings. The molecule has 2 amide bonds. The number of ether oxygens (including phenoxy) is 2. The molecule has 1 N–H and O–H groups in total. The van der Waals surface area contributed by atoms with Gasteiger partial charge in [0.15, 0.2) is 23.2 Å². The second-order valence-electron chi connectivity index (χ2n) is 9.67. The molecule has 1 fully saturated rings. The van der Waals surface area contributed by atoms with E-state index in [4.69, 9.17) is 14.0 Å². The van der Waals surface area contributed by atoms with E-state index in [1.165, 1.54) is 24.5 Å². The van der Waals surface area contributed by atoms with Gasteiger partial charge in [0.05, 0.1) is 19.4 Å². The normalized spacial score (nSPS) is 18.6. The van der Waals surface area contributed by atoms with Crippen molar-refractivity contribution in [3.8, 4) is 11.1 Å². The van der Waals surface area contributed by atoms with Gasteiger partial charge < -0.3 is 24.6 Å². The fraction of sp³-hybridized carbons (Fsp3) is 0.296. The molecule has 41 heavy (non-hydrogen) atoms. The minimum absolute atomic E-state index is 0.0507. The molecule has 13 nitrogen and oxygen atoms in total. The van der Waals surface area contributed by atoms with Gasteiger partial charge in [0.25, 0.3) is 0 Å². The largest absolute Gasteiger partial charge is 0.566 e. The molecule has 6 rings (SSSR count). The fourth-order valence-electron chi connectivity index (χ4n) is 5.36. The second-order valence-corrected chi connectivity index (χ2v) is 10.4. The van der Waals surface area contributed by atoms with Crippen molar-refractivity contribution < 1.29 is 33.0 Å². The van der Waals surface area contributed by atoms with Crippen LogP contribution in [0.2, 0.25) is 0 Å². The first-order valence-corrected chi connectivity index (χ1v) is 14.0. The van der Waals surface area contributed by atoms with Gasteiger partial charge in [-0.2, -0.15) is 0 Å². The lowest BCUT2D eigenvalue weighted by atomic mass is 9.98. The number of hydrogen-bond donors (Lipinski definition) is 1. The number of aromatic nitrogens is 4. The number of fused-ring (bicyclic) bond motifs is 4. The van der Waals surface area contributed by atoms with Crippen LogP contribution in [0, 0.1) is 0 Å². The summed E-state index contributed by atoms with van der Waals surface area (Å²) in [5, 5.41) is 2.61. The van der Waals surface area contributed by atoms with Gasteiger partial charge in [-0.25, -0.2) is 19.7 Å². The van der Waals surface area contributed by atoms with E-state index in [2.05, 4.69) is 32.4 Å². The first-order chi connectivity index (χ1) is 19.9. The quantitative estimate of drug-likeness (QED) is 0.324. The van der Waals surface area contributed by atoms with Crippen LogP contribution in [-0.4, -0.2) is 68.8 Å². The number of anilines is 1. The molecule has 1 aliphatic heterocycles. The molecular weight excluding hydrogens is 551 g/mol. The molecule has 210 valence electrons. The van der Waals surface area contributed by atoms with E-state index in [-0.39, 0.29) is 43.9 Å². The van der Waals surface area contributed by atoms with Crippen LogP contribution in [0.5, 0.6) is 0 Å². The molecule has 0 radical (unpaired) electrons. The summed E-state index contributed by atoms with van der Waals surface area (Å²) in [5.74, 6) is -0.208. The SMILES string of the molecule is CC(=O)Nc1ncnc2c1ncn2C1CN(C(=O)OCC2c3ccccc3-c3ccccc32)CC(CO[P+](=O)[O-])O1. The number of rotatable bonds is 7. The molecule has 0 spiro atoms. The van der Waals surface area contributed by atoms with Crippen molar-refractivity contribution >= 4 is 37.2 Å². The van der Waals surface area contributed by atoms with Crippen LogP contribution in [0.15, 0.2) is 61.2 Å². The van der Waals surface area contributed by atoms with Crippen molar-refractivity contribution in [1.82, 2.24) is 24.4 Å². The van der Waals surface area contributed by atoms with Gasteiger partial charge >= 0.3 is 14.3 Å². The van der Waals surface area contributed by atoms with Crippen molar-refractivity contribution in [2.45, 2.75) is 25.2 Å². The number of nitrogens with zero attached hydrogens (tertiary/aromatic N) is 5.